The van der Waals surface area contributed by atoms with E-state index in [1.54, 1.807) is 0 Å². The van der Waals surface area contributed by atoms with E-state index in [1.165, 1.54) is 6.42 Å². The summed E-state index contributed by atoms with van der Waals surface area (Å²) in [6, 6.07) is 0. The lowest BCUT2D eigenvalue weighted by Crippen LogP contribution is -2.36. The normalized spacial score (nSPS) is 45.0. The molecule has 0 bridgehead atoms. The van der Waals surface area contributed by atoms with Gasteiger partial charge in [-0.15, -0.1) is 0 Å². The van der Waals surface area contributed by atoms with E-state index in [0.29, 0.717) is 3.42 Å². The van der Waals surface area contributed by atoms with Crippen LogP contribution < -0.4 is 0 Å². The van der Waals surface area contributed by atoms with Gasteiger partial charge in [-0.25, -0.2) is 0 Å². The fourth-order valence-corrected chi connectivity index (χ4v) is 1.51. The molecule has 1 fully saturated rings. The van der Waals surface area contributed by atoms with Crippen molar-refractivity contribution in [3.8, 4) is 0 Å². The Morgan fingerprint density at radius 1 is 1.67 bits per heavy atom. The quantitative estimate of drug-likeness (QED) is 0.466. The summed E-state index contributed by atoms with van der Waals surface area (Å²) in [6.45, 7) is 6.45. The van der Waals surface area contributed by atoms with Crippen molar-refractivity contribution in [2.75, 3.05) is 13.2 Å². The second-order valence-electron chi connectivity index (χ2n) is 3.02. The molecule has 9 heavy (non-hydrogen) atoms. The minimum absolute atomic E-state index is 0.385. The monoisotopic (exact) mass is 240 g/mol. The van der Waals surface area contributed by atoms with Crippen LogP contribution in [0, 0.1) is 5.92 Å². The van der Waals surface area contributed by atoms with Gasteiger partial charge in [0.15, 0.2) is 0 Å². The molecule has 1 nitrogen and oxygen atoms in total. The molecule has 0 spiro atoms. The molecule has 1 heterocycles. The molecular weight excluding hydrogens is 227 g/mol. The van der Waals surface area contributed by atoms with E-state index < -0.39 is 0 Å². The summed E-state index contributed by atoms with van der Waals surface area (Å²) in [5.41, 5.74) is 0. The number of halogens is 1. The zero-order valence-electron chi connectivity index (χ0n) is 5.98. The van der Waals surface area contributed by atoms with E-state index in [0.717, 1.165) is 19.1 Å². The van der Waals surface area contributed by atoms with Crippen LogP contribution in [0.5, 0.6) is 0 Å². The molecule has 1 aliphatic rings. The van der Waals surface area contributed by atoms with Crippen molar-refractivity contribution in [3.63, 3.8) is 0 Å². The molecule has 2 heteroatoms. The minimum Gasteiger partial charge on any atom is -0.380 e. The van der Waals surface area contributed by atoms with Gasteiger partial charge < -0.3 is 4.74 Å². The minimum atomic E-state index is 0.385. The third-order valence-electron chi connectivity index (χ3n) is 2.11. The number of alkyl halides is 1. The summed E-state index contributed by atoms with van der Waals surface area (Å²) in [5, 5.41) is 0. The van der Waals surface area contributed by atoms with Crippen LogP contribution in [-0.4, -0.2) is 16.6 Å². The van der Waals surface area contributed by atoms with Crippen molar-refractivity contribution >= 4 is 22.6 Å². The van der Waals surface area contributed by atoms with E-state index in [9.17, 15) is 0 Å². The Hall–Kier alpha value is 0.690. The van der Waals surface area contributed by atoms with Crippen LogP contribution in [0.15, 0.2) is 0 Å². The Labute approximate surface area is 70.3 Å². The fraction of sp³-hybridized carbons (Fsp3) is 1.00. The second-order valence-corrected chi connectivity index (χ2v) is 5.48. The lowest BCUT2D eigenvalue weighted by molar-refractivity contribution is 0.0523. The fourth-order valence-electron chi connectivity index (χ4n) is 0.975. The topological polar surface area (TPSA) is 9.23 Å². The smallest absolute Gasteiger partial charge is 0.0612 e. The van der Waals surface area contributed by atoms with Gasteiger partial charge >= 0.3 is 0 Å². The van der Waals surface area contributed by atoms with E-state index in [1.807, 2.05) is 0 Å². The van der Waals surface area contributed by atoms with Crippen molar-refractivity contribution in [1.29, 1.82) is 0 Å². The highest BCUT2D eigenvalue weighted by Gasteiger charge is 2.30. The highest BCUT2D eigenvalue weighted by molar-refractivity contribution is 14.1. The predicted molar refractivity (Wildman–Crippen MR) is 47.0 cm³/mol. The predicted octanol–water partition coefficient (Wildman–Crippen LogP) is 2.24. The largest absolute Gasteiger partial charge is 0.380 e. The molecule has 1 saturated heterocycles. The van der Waals surface area contributed by atoms with Gasteiger partial charge in [-0.1, -0.05) is 29.5 Å². The highest BCUT2D eigenvalue weighted by Crippen LogP contribution is 2.33. The molecule has 0 saturated carbocycles. The van der Waals surface area contributed by atoms with Crippen molar-refractivity contribution in [1.82, 2.24) is 0 Å². The first-order chi connectivity index (χ1) is 4.13. The first-order valence-electron chi connectivity index (χ1n) is 3.39. The van der Waals surface area contributed by atoms with Gasteiger partial charge in [-0.3, -0.25) is 0 Å². The maximum Gasteiger partial charge on any atom is 0.0612 e. The lowest BCUT2D eigenvalue weighted by Gasteiger charge is -2.34. The third-order valence-corrected chi connectivity index (χ3v) is 3.48. The molecule has 0 unspecified atom stereocenters. The summed E-state index contributed by atoms with van der Waals surface area (Å²) >= 11 is 2.49. The van der Waals surface area contributed by atoms with Gasteiger partial charge in [-0.2, -0.15) is 0 Å². The molecule has 0 radical (unpaired) electrons. The average Bonchev–Trinajstić information content (AvgIpc) is 1.77. The highest BCUT2D eigenvalue weighted by atomic mass is 127. The molecule has 0 aromatic heterocycles. The average molecular weight is 240 g/mol. The van der Waals surface area contributed by atoms with Gasteiger partial charge in [0.25, 0.3) is 0 Å². The number of hydrogen-bond acceptors (Lipinski definition) is 1. The first-order valence-corrected chi connectivity index (χ1v) is 4.47. The van der Waals surface area contributed by atoms with Gasteiger partial charge in [0.1, 0.15) is 0 Å². The van der Waals surface area contributed by atoms with Crippen LogP contribution in [0.2, 0.25) is 0 Å². The van der Waals surface area contributed by atoms with E-state index in [2.05, 4.69) is 36.4 Å². The zero-order valence-corrected chi connectivity index (χ0v) is 8.14. The zero-order chi connectivity index (χ0) is 6.91. The second kappa shape index (κ2) is 2.74. The summed E-state index contributed by atoms with van der Waals surface area (Å²) in [6.07, 6.45) is 1.22. The lowest BCUT2D eigenvalue weighted by atomic mass is 9.92. The molecule has 0 aromatic carbocycles. The Morgan fingerprint density at radius 3 is 2.67 bits per heavy atom. The summed E-state index contributed by atoms with van der Waals surface area (Å²) in [5.74, 6) is 0.812. The van der Waals surface area contributed by atoms with Gasteiger partial charge in [-0.05, 0) is 19.3 Å². The van der Waals surface area contributed by atoms with E-state index in [4.69, 9.17) is 4.74 Å². The SMILES string of the molecule is C[C@H]1CCOC[C@]1(C)I. The maximum atomic E-state index is 5.35. The van der Waals surface area contributed by atoms with Crippen molar-refractivity contribution in [2.24, 2.45) is 5.92 Å². The Balaban J connectivity index is 2.49. The molecule has 1 rings (SSSR count). The molecular formula is C7H13IO. The molecule has 1 aliphatic heterocycles. The number of hydrogen-bond donors (Lipinski definition) is 0. The van der Waals surface area contributed by atoms with Crippen LogP contribution in [0.25, 0.3) is 0 Å². The first kappa shape index (κ1) is 7.79. The van der Waals surface area contributed by atoms with Crippen LogP contribution >= 0.6 is 22.6 Å². The molecule has 0 aliphatic carbocycles. The molecule has 54 valence electrons. The number of rotatable bonds is 0. The molecule has 0 amide bonds. The van der Waals surface area contributed by atoms with Crippen molar-refractivity contribution < 1.29 is 4.74 Å². The Bertz CT molecular complexity index is 101. The van der Waals surface area contributed by atoms with Crippen molar-refractivity contribution in [2.45, 2.75) is 23.7 Å². The van der Waals surface area contributed by atoms with Gasteiger partial charge in [0.2, 0.25) is 0 Å². The molecule has 0 N–H and O–H groups in total. The Kier molecular flexibility index (Phi) is 2.37. The number of ether oxygens (including phenoxy) is 1. The van der Waals surface area contributed by atoms with Gasteiger partial charge in [0, 0.05) is 10.0 Å². The summed E-state index contributed by atoms with van der Waals surface area (Å²) in [7, 11) is 0. The maximum absolute atomic E-state index is 5.35. The molecule has 2 atom stereocenters. The van der Waals surface area contributed by atoms with Crippen LogP contribution in [-0.2, 0) is 4.74 Å². The van der Waals surface area contributed by atoms with Crippen LogP contribution in [0.4, 0.5) is 0 Å². The van der Waals surface area contributed by atoms with Crippen LogP contribution in [0.3, 0.4) is 0 Å². The summed E-state index contributed by atoms with van der Waals surface area (Å²) in [4.78, 5) is 0. The third kappa shape index (κ3) is 1.80. The standard InChI is InChI=1S/C7H13IO/c1-6-3-4-9-5-7(6,2)8/h6H,3-5H2,1-2H3/t6-,7-/m0/s1. The summed E-state index contributed by atoms with van der Waals surface area (Å²) < 4.78 is 5.73. The van der Waals surface area contributed by atoms with E-state index >= 15 is 0 Å². The molecule has 0 aromatic rings. The van der Waals surface area contributed by atoms with Gasteiger partial charge in [0.05, 0.1) is 6.61 Å². The Morgan fingerprint density at radius 2 is 2.33 bits per heavy atom. The van der Waals surface area contributed by atoms with Crippen molar-refractivity contribution in [3.05, 3.63) is 0 Å². The van der Waals surface area contributed by atoms with Crippen LogP contribution in [0.1, 0.15) is 20.3 Å². The van der Waals surface area contributed by atoms with E-state index in [-0.39, 0.29) is 0 Å².